The number of piperidine rings is 1. The summed E-state index contributed by atoms with van der Waals surface area (Å²) in [7, 11) is -3.26. The highest BCUT2D eigenvalue weighted by molar-refractivity contribution is 7.92. The summed E-state index contributed by atoms with van der Waals surface area (Å²) < 4.78 is 25.4. The first-order valence-electron chi connectivity index (χ1n) is 8.39. The zero-order valence-electron chi connectivity index (χ0n) is 13.9. The van der Waals surface area contributed by atoms with Crippen molar-refractivity contribution in [3.05, 3.63) is 29.3 Å². The Morgan fingerprint density at radius 1 is 1.26 bits per heavy atom. The van der Waals surface area contributed by atoms with Gasteiger partial charge in [0.25, 0.3) is 0 Å². The quantitative estimate of drug-likeness (QED) is 0.911. The van der Waals surface area contributed by atoms with Gasteiger partial charge in [-0.1, -0.05) is 18.6 Å². The molecule has 0 spiro atoms. The van der Waals surface area contributed by atoms with Crippen molar-refractivity contribution in [3.63, 3.8) is 0 Å². The molecule has 0 radical (unpaired) electrons. The highest BCUT2D eigenvalue weighted by atomic mass is 32.2. The molecular weight excluding hydrogens is 312 g/mol. The second-order valence-electron chi connectivity index (χ2n) is 6.88. The third-order valence-corrected chi connectivity index (χ3v) is 6.15. The number of fused-ring (bicyclic) bond motifs is 1. The minimum atomic E-state index is -3.26. The zero-order valence-corrected chi connectivity index (χ0v) is 14.7. The summed E-state index contributed by atoms with van der Waals surface area (Å²) in [5.41, 5.74) is 2.66. The van der Waals surface area contributed by atoms with Gasteiger partial charge < -0.3 is 10.0 Å². The lowest BCUT2D eigenvalue weighted by molar-refractivity contribution is 0.101. The lowest BCUT2D eigenvalue weighted by atomic mass is 10.0. The fraction of sp³-hybridized carbons (Fsp3) is 0.647. The number of β-amino-alcohol motifs (C(OH)–C–C–N with tert-alkyl or cyclic N) is 1. The van der Waals surface area contributed by atoms with Gasteiger partial charge in [-0.3, -0.25) is 4.31 Å². The fourth-order valence-corrected chi connectivity index (χ4v) is 5.09. The summed E-state index contributed by atoms with van der Waals surface area (Å²) in [6.07, 6.45) is 5.13. The predicted molar refractivity (Wildman–Crippen MR) is 92.2 cm³/mol. The van der Waals surface area contributed by atoms with E-state index in [0.29, 0.717) is 13.0 Å². The van der Waals surface area contributed by atoms with Gasteiger partial charge in [0, 0.05) is 12.6 Å². The number of anilines is 1. The topological polar surface area (TPSA) is 60.9 Å². The molecule has 2 aliphatic rings. The van der Waals surface area contributed by atoms with Crippen LogP contribution in [-0.4, -0.2) is 50.4 Å². The van der Waals surface area contributed by atoms with E-state index in [1.807, 2.05) is 25.1 Å². The number of benzene rings is 1. The first kappa shape index (κ1) is 16.7. The molecule has 0 aliphatic carbocycles. The van der Waals surface area contributed by atoms with E-state index in [-0.39, 0.29) is 6.04 Å². The highest BCUT2D eigenvalue weighted by Gasteiger charge is 2.32. The number of sulfonamides is 1. The number of hydrogen-bond acceptors (Lipinski definition) is 4. The number of rotatable bonds is 4. The van der Waals surface area contributed by atoms with Crippen LogP contribution in [-0.2, 0) is 16.4 Å². The Kier molecular flexibility index (Phi) is 4.67. The van der Waals surface area contributed by atoms with Crippen molar-refractivity contribution in [2.75, 3.05) is 30.2 Å². The van der Waals surface area contributed by atoms with E-state index in [1.165, 1.54) is 29.8 Å². The molecule has 1 saturated heterocycles. The van der Waals surface area contributed by atoms with Crippen LogP contribution >= 0.6 is 0 Å². The lowest BCUT2D eigenvalue weighted by Gasteiger charge is -2.28. The maximum atomic E-state index is 12.0. The summed E-state index contributed by atoms with van der Waals surface area (Å²) in [5.74, 6) is 0. The molecule has 3 rings (SSSR count). The predicted octanol–water partition coefficient (Wildman–Crippen LogP) is 1.92. The normalized spacial score (nSPS) is 23.8. The van der Waals surface area contributed by atoms with Crippen molar-refractivity contribution in [3.8, 4) is 0 Å². The molecule has 0 amide bonds. The summed E-state index contributed by atoms with van der Waals surface area (Å²) in [4.78, 5) is 2.31. The van der Waals surface area contributed by atoms with Gasteiger partial charge in [0.15, 0.2) is 0 Å². The van der Waals surface area contributed by atoms with Gasteiger partial charge in [-0.25, -0.2) is 8.42 Å². The van der Waals surface area contributed by atoms with Gasteiger partial charge in [0.2, 0.25) is 10.0 Å². The first-order chi connectivity index (χ1) is 10.9. The number of aliphatic hydroxyl groups is 1. The van der Waals surface area contributed by atoms with Crippen LogP contribution in [0.4, 0.5) is 5.69 Å². The number of aliphatic hydroxyl groups excluding tert-OH is 1. The average Bonchev–Trinajstić information content (AvgIpc) is 2.82. The molecule has 2 unspecified atom stereocenters. The Hall–Kier alpha value is -1.11. The first-order valence-corrected chi connectivity index (χ1v) is 10.2. The second kappa shape index (κ2) is 6.42. The maximum Gasteiger partial charge on any atom is 0.232 e. The van der Waals surface area contributed by atoms with E-state index in [0.717, 1.165) is 29.9 Å². The number of hydrogen-bond donors (Lipinski definition) is 1. The zero-order chi connectivity index (χ0) is 16.6. The summed E-state index contributed by atoms with van der Waals surface area (Å²) >= 11 is 0. The van der Waals surface area contributed by atoms with Crippen LogP contribution in [0.2, 0.25) is 0 Å². The molecule has 1 aromatic rings. The molecule has 0 saturated carbocycles. The Labute approximate surface area is 139 Å². The van der Waals surface area contributed by atoms with Crippen molar-refractivity contribution in [1.29, 1.82) is 0 Å². The van der Waals surface area contributed by atoms with E-state index in [1.54, 1.807) is 0 Å². The molecule has 23 heavy (non-hydrogen) atoms. The van der Waals surface area contributed by atoms with Gasteiger partial charge in [0.05, 0.1) is 18.0 Å². The molecule has 2 atom stereocenters. The van der Waals surface area contributed by atoms with Crippen molar-refractivity contribution >= 4 is 15.7 Å². The smallest absolute Gasteiger partial charge is 0.232 e. The SMILES string of the molecule is CC1Cc2cc(C(O)CN3CCCCC3)ccc2N1S(C)(=O)=O. The Morgan fingerprint density at radius 2 is 1.96 bits per heavy atom. The van der Waals surface area contributed by atoms with Crippen LogP contribution in [0.15, 0.2) is 18.2 Å². The molecule has 128 valence electrons. The van der Waals surface area contributed by atoms with Crippen molar-refractivity contribution in [2.45, 2.75) is 44.8 Å². The van der Waals surface area contributed by atoms with Gasteiger partial charge in [-0.2, -0.15) is 0 Å². The molecule has 1 N–H and O–H groups in total. The molecule has 1 aromatic carbocycles. The minimum Gasteiger partial charge on any atom is -0.387 e. The lowest BCUT2D eigenvalue weighted by Crippen LogP contribution is -2.34. The van der Waals surface area contributed by atoms with Crippen LogP contribution in [0.3, 0.4) is 0 Å². The summed E-state index contributed by atoms with van der Waals surface area (Å²) in [5, 5.41) is 10.5. The van der Waals surface area contributed by atoms with Gasteiger partial charge in [-0.15, -0.1) is 0 Å². The summed E-state index contributed by atoms with van der Waals surface area (Å²) in [6, 6.07) is 5.62. The van der Waals surface area contributed by atoms with Gasteiger partial charge in [0.1, 0.15) is 0 Å². The van der Waals surface area contributed by atoms with Gasteiger partial charge >= 0.3 is 0 Å². The summed E-state index contributed by atoms with van der Waals surface area (Å²) in [6.45, 7) is 4.69. The molecule has 6 heteroatoms. The third-order valence-electron chi connectivity index (χ3n) is 4.88. The fourth-order valence-electron chi connectivity index (χ4n) is 3.83. The molecule has 2 heterocycles. The van der Waals surface area contributed by atoms with E-state index in [4.69, 9.17) is 0 Å². The molecule has 0 aromatic heterocycles. The Bertz CT molecular complexity index is 668. The minimum absolute atomic E-state index is 0.0607. The van der Waals surface area contributed by atoms with Gasteiger partial charge in [-0.05, 0) is 56.5 Å². The molecule has 1 fully saturated rings. The largest absolute Gasteiger partial charge is 0.387 e. The molecule has 2 aliphatic heterocycles. The van der Waals surface area contributed by atoms with Crippen molar-refractivity contribution in [1.82, 2.24) is 4.90 Å². The Morgan fingerprint density at radius 3 is 2.61 bits per heavy atom. The van der Waals surface area contributed by atoms with Crippen molar-refractivity contribution < 1.29 is 13.5 Å². The Balaban J connectivity index is 1.78. The third kappa shape index (κ3) is 3.54. The van der Waals surface area contributed by atoms with E-state index in [2.05, 4.69) is 4.90 Å². The van der Waals surface area contributed by atoms with E-state index in [9.17, 15) is 13.5 Å². The van der Waals surface area contributed by atoms with Crippen LogP contribution in [0.25, 0.3) is 0 Å². The number of nitrogens with zero attached hydrogens (tertiary/aromatic N) is 2. The molecule has 0 bridgehead atoms. The highest BCUT2D eigenvalue weighted by Crippen LogP contribution is 2.35. The van der Waals surface area contributed by atoms with Crippen LogP contribution in [0.5, 0.6) is 0 Å². The van der Waals surface area contributed by atoms with E-state index < -0.39 is 16.1 Å². The maximum absolute atomic E-state index is 12.0. The van der Waals surface area contributed by atoms with Crippen LogP contribution in [0, 0.1) is 0 Å². The monoisotopic (exact) mass is 338 g/mol. The number of likely N-dealkylation sites (tertiary alicyclic amines) is 1. The van der Waals surface area contributed by atoms with Crippen molar-refractivity contribution in [2.24, 2.45) is 0 Å². The standard InChI is InChI=1S/C17H26N2O3S/c1-13-10-15-11-14(6-7-16(15)19(13)23(2,21)22)17(20)12-18-8-4-3-5-9-18/h6-7,11,13,17,20H,3-5,8-10,12H2,1-2H3. The molecule has 5 nitrogen and oxygen atoms in total. The van der Waals surface area contributed by atoms with E-state index >= 15 is 0 Å². The molecular formula is C17H26N2O3S. The average molecular weight is 338 g/mol. The second-order valence-corrected chi connectivity index (χ2v) is 8.74. The van der Waals surface area contributed by atoms with Crippen LogP contribution < -0.4 is 4.31 Å². The van der Waals surface area contributed by atoms with Crippen LogP contribution in [0.1, 0.15) is 43.4 Å².